The molecule has 56 valence electrons. The third-order valence-electron chi connectivity index (χ3n) is 1.74. The maximum Gasteiger partial charge on any atom is 0.324 e. The van der Waals surface area contributed by atoms with Crippen LogP contribution in [-0.4, -0.2) is 17.1 Å². The van der Waals surface area contributed by atoms with Crippen molar-refractivity contribution in [1.29, 1.82) is 0 Å². The van der Waals surface area contributed by atoms with Gasteiger partial charge in [0.2, 0.25) is 0 Å². The average Bonchev–Trinajstić information content (AvgIpc) is 2.36. The topological polar surface area (TPSA) is 63.3 Å². The first-order valence-electron chi connectivity index (χ1n) is 3.39. The Labute approximate surface area is 59.5 Å². The van der Waals surface area contributed by atoms with Crippen LogP contribution >= 0.6 is 0 Å². The van der Waals surface area contributed by atoms with Crippen LogP contribution in [0.2, 0.25) is 0 Å². The summed E-state index contributed by atoms with van der Waals surface area (Å²) in [5.41, 5.74) is 6.24. The second-order valence-electron chi connectivity index (χ2n) is 2.49. The van der Waals surface area contributed by atoms with Gasteiger partial charge in [0.15, 0.2) is 0 Å². The van der Waals surface area contributed by atoms with Crippen molar-refractivity contribution in [2.45, 2.75) is 25.3 Å². The summed E-state index contributed by atoms with van der Waals surface area (Å²) in [5.74, 6) is -0.923. The predicted molar refractivity (Wildman–Crippen MR) is 37.5 cm³/mol. The molecule has 0 amide bonds. The number of allylic oxidation sites excluding steroid dienone is 1. The normalized spacial score (nSPS) is 20.3. The lowest BCUT2D eigenvalue weighted by atomic mass is 10.1. The third-order valence-corrected chi connectivity index (χ3v) is 1.74. The summed E-state index contributed by atoms with van der Waals surface area (Å²) in [4.78, 5) is 10.3. The molecule has 3 nitrogen and oxygen atoms in total. The van der Waals surface area contributed by atoms with Crippen molar-refractivity contribution in [3.63, 3.8) is 0 Å². The average molecular weight is 141 g/mol. The molecule has 0 aliphatic heterocycles. The first kappa shape index (κ1) is 7.28. The van der Waals surface area contributed by atoms with Gasteiger partial charge in [-0.25, -0.2) is 0 Å². The van der Waals surface area contributed by atoms with Crippen LogP contribution < -0.4 is 5.73 Å². The minimum Gasteiger partial charge on any atom is -0.480 e. The third kappa shape index (κ3) is 1.36. The molecular weight excluding hydrogens is 130 g/mol. The van der Waals surface area contributed by atoms with Gasteiger partial charge in [0, 0.05) is 0 Å². The number of hydrogen-bond acceptors (Lipinski definition) is 2. The first-order chi connectivity index (χ1) is 4.72. The Bertz CT molecular complexity index is 174. The highest BCUT2D eigenvalue weighted by molar-refractivity contribution is 5.77. The standard InChI is InChI=1S/C7H11NO2/c8-6(7(9)10)5-3-1-2-4-5/h3,6H,1-2,4,8H2,(H,9,10)/t6-/m1/s1. The minimum atomic E-state index is -0.923. The van der Waals surface area contributed by atoms with E-state index in [1.54, 1.807) is 0 Å². The van der Waals surface area contributed by atoms with E-state index in [9.17, 15) is 4.79 Å². The number of aliphatic carboxylic acids is 1. The lowest BCUT2D eigenvalue weighted by molar-refractivity contribution is -0.137. The molecule has 1 aliphatic carbocycles. The van der Waals surface area contributed by atoms with E-state index in [1.165, 1.54) is 0 Å². The van der Waals surface area contributed by atoms with Gasteiger partial charge in [0.1, 0.15) is 6.04 Å². The molecule has 0 unspecified atom stereocenters. The van der Waals surface area contributed by atoms with Crippen LogP contribution in [0, 0.1) is 0 Å². The van der Waals surface area contributed by atoms with E-state index < -0.39 is 12.0 Å². The Morgan fingerprint density at radius 2 is 2.50 bits per heavy atom. The molecule has 0 aromatic carbocycles. The van der Waals surface area contributed by atoms with Gasteiger partial charge < -0.3 is 10.8 Å². The number of carbonyl (C=O) groups is 1. The molecule has 10 heavy (non-hydrogen) atoms. The lowest BCUT2D eigenvalue weighted by Gasteiger charge is -2.05. The Kier molecular flexibility index (Phi) is 2.06. The van der Waals surface area contributed by atoms with Gasteiger partial charge in [-0.05, 0) is 24.8 Å². The predicted octanol–water partition coefficient (Wildman–Crippen LogP) is 0.509. The van der Waals surface area contributed by atoms with Gasteiger partial charge in [-0.3, -0.25) is 4.79 Å². The molecule has 0 heterocycles. The molecule has 3 heteroatoms. The summed E-state index contributed by atoms with van der Waals surface area (Å²) >= 11 is 0. The van der Waals surface area contributed by atoms with E-state index in [0.29, 0.717) is 0 Å². The van der Waals surface area contributed by atoms with E-state index in [2.05, 4.69) is 0 Å². The molecule has 0 radical (unpaired) electrons. The molecule has 1 atom stereocenters. The Morgan fingerprint density at radius 1 is 1.80 bits per heavy atom. The van der Waals surface area contributed by atoms with Crippen molar-refractivity contribution in [2.24, 2.45) is 5.73 Å². The summed E-state index contributed by atoms with van der Waals surface area (Å²) in [7, 11) is 0. The summed E-state index contributed by atoms with van der Waals surface area (Å²) in [6, 6.07) is -0.762. The van der Waals surface area contributed by atoms with Crippen molar-refractivity contribution in [2.75, 3.05) is 0 Å². The maximum absolute atomic E-state index is 10.3. The van der Waals surface area contributed by atoms with E-state index in [-0.39, 0.29) is 0 Å². The zero-order chi connectivity index (χ0) is 7.56. The molecule has 0 saturated carbocycles. The summed E-state index contributed by atoms with van der Waals surface area (Å²) in [6.07, 6.45) is 4.82. The first-order valence-corrected chi connectivity index (χ1v) is 3.39. The largest absolute Gasteiger partial charge is 0.480 e. The highest BCUT2D eigenvalue weighted by Gasteiger charge is 2.18. The van der Waals surface area contributed by atoms with Crippen molar-refractivity contribution < 1.29 is 9.90 Å². The van der Waals surface area contributed by atoms with Crippen molar-refractivity contribution >= 4 is 5.97 Å². The summed E-state index contributed by atoms with van der Waals surface area (Å²) < 4.78 is 0. The molecule has 3 N–H and O–H groups in total. The maximum atomic E-state index is 10.3. The molecule has 0 saturated heterocycles. The molecule has 1 rings (SSSR count). The number of carboxylic acids is 1. The van der Waals surface area contributed by atoms with Crippen LogP contribution in [0.1, 0.15) is 19.3 Å². The SMILES string of the molecule is N[C@@H](C(=O)O)C1=CCCC1. The Morgan fingerprint density at radius 3 is 2.90 bits per heavy atom. The van der Waals surface area contributed by atoms with E-state index in [4.69, 9.17) is 10.8 Å². The molecule has 0 fully saturated rings. The fourth-order valence-corrected chi connectivity index (χ4v) is 1.14. The number of hydrogen-bond donors (Lipinski definition) is 2. The molecule has 0 aromatic heterocycles. The summed E-state index contributed by atoms with van der Waals surface area (Å²) in [5, 5.41) is 8.48. The van der Waals surface area contributed by atoms with Crippen LogP contribution in [0.15, 0.2) is 11.6 Å². The highest BCUT2D eigenvalue weighted by Crippen LogP contribution is 2.19. The van der Waals surface area contributed by atoms with Gasteiger partial charge >= 0.3 is 5.97 Å². The van der Waals surface area contributed by atoms with Crippen molar-refractivity contribution in [3.8, 4) is 0 Å². The Hall–Kier alpha value is -0.830. The Balaban J connectivity index is 2.55. The van der Waals surface area contributed by atoms with Crippen molar-refractivity contribution in [1.82, 2.24) is 0 Å². The number of rotatable bonds is 2. The number of nitrogens with two attached hydrogens (primary N) is 1. The van der Waals surface area contributed by atoms with E-state index >= 15 is 0 Å². The van der Waals surface area contributed by atoms with Gasteiger partial charge in [0.05, 0.1) is 0 Å². The van der Waals surface area contributed by atoms with Crippen LogP contribution in [-0.2, 0) is 4.79 Å². The van der Waals surface area contributed by atoms with Crippen LogP contribution in [0.4, 0.5) is 0 Å². The molecule has 0 spiro atoms. The second-order valence-corrected chi connectivity index (χ2v) is 2.49. The minimum absolute atomic E-state index is 0.762. The van der Waals surface area contributed by atoms with Gasteiger partial charge in [-0.15, -0.1) is 0 Å². The smallest absolute Gasteiger partial charge is 0.324 e. The second kappa shape index (κ2) is 2.84. The van der Waals surface area contributed by atoms with Crippen LogP contribution in [0.3, 0.4) is 0 Å². The van der Waals surface area contributed by atoms with E-state index in [1.807, 2.05) is 6.08 Å². The van der Waals surface area contributed by atoms with Crippen molar-refractivity contribution in [3.05, 3.63) is 11.6 Å². The molecular formula is C7H11NO2. The quantitative estimate of drug-likeness (QED) is 0.551. The zero-order valence-corrected chi connectivity index (χ0v) is 5.71. The summed E-state index contributed by atoms with van der Waals surface area (Å²) in [6.45, 7) is 0. The fraction of sp³-hybridized carbons (Fsp3) is 0.571. The molecule has 0 aromatic rings. The van der Waals surface area contributed by atoms with Gasteiger partial charge in [0.25, 0.3) is 0 Å². The zero-order valence-electron chi connectivity index (χ0n) is 5.71. The number of carboxylic acid groups (broad SMARTS) is 1. The molecule has 0 bridgehead atoms. The van der Waals surface area contributed by atoms with Gasteiger partial charge in [-0.2, -0.15) is 0 Å². The lowest BCUT2D eigenvalue weighted by Crippen LogP contribution is -2.31. The van der Waals surface area contributed by atoms with Gasteiger partial charge in [-0.1, -0.05) is 6.08 Å². The van der Waals surface area contributed by atoms with Crippen LogP contribution in [0.25, 0.3) is 0 Å². The van der Waals surface area contributed by atoms with Crippen LogP contribution in [0.5, 0.6) is 0 Å². The monoisotopic (exact) mass is 141 g/mol. The van der Waals surface area contributed by atoms with E-state index in [0.717, 1.165) is 24.8 Å². The highest BCUT2D eigenvalue weighted by atomic mass is 16.4. The molecule has 1 aliphatic rings. The fourth-order valence-electron chi connectivity index (χ4n) is 1.14.